The van der Waals surface area contributed by atoms with Crippen molar-refractivity contribution in [2.75, 3.05) is 25.5 Å². The quantitative estimate of drug-likeness (QED) is 0.781. The van der Waals surface area contributed by atoms with Gasteiger partial charge in [-0.3, -0.25) is 4.79 Å². The summed E-state index contributed by atoms with van der Waals surface area (Å²) in [4.78, 5) is 24.0. The third-order valence-electron chi connectivity index (χ3n) is 1.94. The van der Waals surface area contributed by atoms with Crippen LogP contribution in [0.3, 0.4) is 0 Å². The minimum atomic E-state index is -0.406. The molecule has 0 fully saturated rings. The highest BCUT2D eigenvalue weighted by atomic mass is 32.1. The third kappa shape index (κ3) is 3.83. The van der Waals surface area contributed by atoms with Gasteiger partial charge >= 0.3 is 5.97 Å². The number of carbonyl (C=O) groups is 2. The monoisotopic (exact) mass is 256 g/mol. The lowest BCUT2D eigenvalue weighted by Crippen LogP contribution is -2.25. The van der Waals surface area contributed by atoms with E-state index in [0.717, 1.165) is 4.88 Å². The number of ether oxygens (including phenoxy) is 1. The number of rotatable bonds is 5. The average Bonchev–Trinajstić information content (AvgIpc) is 2.60. The summed E-state index contributed by atoms with van der Waals surface area (Å²) in [6.07, 6.45) is 0. The highest BCUT2D eigenvalue weighted by Crippen LogP contribution is 2.28. The van der Waals surface area contributed by atoms with E-state index in [1.807, 2.05) is 6.92 Å². The number of esters is 1. The molecule has 0 radical (unpaired) electrons. The Morgan fingerprint density at radius 1 is 1.47 bits per heavy atom. The van der Waals surface area contributed by atoms with Gasteiger partial charge in [-0.2, -0.15) is 0 Å². The Labute approximate surface area is 104 Å². The molecule has 0 aliphatic carbocycles. The van der Waals surface area contributed by atoms with Gasteiger partial charge in [-0.15, -0.1) is 11.3 Å². The standard InChI is InChI=1S/C11H16N2O3S/c1-4-16-11(15)8-5-7(2)17-10(8)13-9(14)6-12-3/h5,12H,4,6H2,1-3H3,(H,13,14). The predicted octanol–water partition coefficient (Wildman–Crippen LogP) is 1.39. The molecule has 1 aromatic heterocycles. The van der Waals surface area contributed by atoms with Gasteiger partial charge in [0.2, 0.25) is 5.91 Å². The molecule has 0 unspecified atom stereocenters. The van der Waals surface area contributed by atoms with Crippen LogP contribution in [0, 0.1) is 6.92 Å². The van der Waals surface area contributed by atoms with Gasteiger partial charge in [0.05, 0.1) is 18.7 Å². The van der Waals surface area contributed by atoms with Crippen molar-refractivity contribution in [1.29, 1.82) is 0 Å². The first-order valence-corrected chi connectivity index (χ1v) is 6.12. The lowest BCUT2D eigenvalue weighted by atomic mass is 10.3. The largest absolute Gasteiger partial charge is 0.462 e. The van der Waals surface area contributed by atoms with E-state index >= 15 is 0 Å². The Bertz CT molecular complexity index is 415. The molecule has 6 heteroatoms. The van der Waals surface area contributed by atoms with Crippen molar-refractivity contribution in [3.8, 4) is 0 Å². The number of thiophene rings is 1. The molecule has 0 bridgehead atoms. The summed E-state index contributed by atoms with van der Waals surface area (Å²) < 4.78 is 4.92. The lowest BCUT2D eigenvalue weighted by Gasteiger charge is -2.05. The highest BCUT2D eigenvalue weighted by Gasteiger charge is 2.17. The summed E-state index contributed by atoms with van der Waals surface area (Å²) in [5.41, 5.74) is 0.416. The molecule has 0 aliphatic heterocycles. The van der Waals surface area contributed by atoms with E-state index in [1.54, 1.807) is 20.0 Å². The average molecular weight is 256 g/mol. The summed E-state index contributed by atoms with van der Waals surface area (Å²) in [5.74, 6) is -0.587. The third-order valence-corrected chi connectivity index (χ3v) is 2.91. The van der Waals surface area contributed by atoms with Crippen LogP contribution in [0.5, 0.6) is 0 Å². The molecular formula is C11H16N2O3S. The highest BCUT2D eigenvalue weighted by molar-refractivity contribution is 7.16. The zero-order chi connectivity index (χ0) is 12.8. The van der Waals surface area contributed by atoms with Crippen molar-refractivity contribution in [3.63, 3.8) is 0 Å². The van der Waals surface area contributed by atoms with Gasteiger partial charge in [0, 0.05) is 4.88 Å². The molecule has 0 aromatic carbocycles. The Kier molecular flexibility index (Phi) is 5.11. The lowest BCUT2D eigenvalue weighted by molar-refractivity contribution is -0.115. The van der Waals surface area contributed by atoms with Crippen molar-refractivity contribution in [2.45, 2.75) is 13.8 Å². The first kappa shape index (κ1) is 13.7. The number of hydrogen-bond acceptors (Lipinski definition) is 5. The van der Waals surface area contributed by atoms with E-state index in [2.05, 4.69) is 10.6 Å². The van der Waals surface area contributed by atoms with Crippen LogP contribution in [0.4, 0.5) is 5.00 Å². The van der Waals surface area contributed by atoms with Crippen molar-refractivity contribution < 1.29 is 14.3 Å². The SMILES string of the molecule is CCOC(=O)c1cc(C)sc1NC(=O)CNC. The number of hydrogen-bond donors (Lipinski definition) is 2. The smallest absolute Gasteiger partial charge is 0.341 e. The van der Waals surface area contributed by atoms with Crippen LogP contribution in [0.2, 0.25) is 0 Å². The second kappa shape index (κ2) is 6.36. The first-order chi connectivity index (χ1) is 8.08. The van der Waals surface area contributed by atoms with E-state index in [9.17, 15) is 9.59 Å². The Morgan fingerprint density at radius 3 is 2.76 bits per heavy atom. The number of amides is 1. The first-order valence-electron chi connectivity index (χ1n) is 5.30. The Hall–Kier alpha value is -1.40. The summed E-state index contributed by atoms with van der Waals surface area (Å²) in [7, 11) is 1.69. The van der Waals surface area contributed by atoms with Crippen LogP contribution in [0.15, 0.2) is 6.07 Å². The molecule has 17 heavy (non-hydrogen) atoms. The van der Waals surface area contributed by atoms with Crippen molar-refractivity contribution in [1.82, 2.24) is 5.32 Å². The number of aryl methyl sites for hydroxylation is 1. The molecule has 2 N–H and O–H groups in total. The summed E-state index contributed by atoms with van der Waals surface area (Å²) in [6.45, 7) is 4.15. The van der Waals surface area contributed by atoms with E-state index in [1.165, 1.54) is 11.3 Å². The number of anilines is 1. The van der Waals surface area contributed by atoms with Gasteiger partial charge in [0.25, 0.3) is 0 Å². The molecule has 0 saturated heterocycles. The van der Waals surface area contributed by atoms with E-state index < -0.39 is 5.97 Å². The van der Waals surface area contributed by atoms with Crippen LogP contribution < -0.4 is 10.6 Å². The fourth-order valence-electron chi connectivity index (χ4n) is 1.30. The van der Waals surface area contributed by atoms with Gasteiger partial charge in [0.1, 0.15) is 5.00 Å². The second-order valence-electron chi connectivity index (χ2n) is 3.40. The van der Waals surface area contributed by atoms with Crippen LogP contribution in [-0.2, 0) is 9.53 Å². The molecular weight excluding hydrogens is 240 g/mol. The van der Waals surface area contributed by atoms with Crippen LogP contribution in [0.25, 0.3) is 0 Å². The maximum atomic E-state index is 11.6. The van der Waals surface area contributed by atoms with Gasteiger partial charge < -0.3 is 15.4 Å². The van der Waals surface area contributed by atoms with Crippen molar-refractivity contribution in [3.05, 3.63) is 16.5 Å². The molecule has 1 aromatic rings. The summed E-state index contributed by atoms with van der Waals surface area (Å²) in [6, 6.07) is 1.72. The molecule has 0 aliphatic rings. The zero-order valence-corrected chi connectivity index (χ0v) is 10.9. The van der Waals surface area contributed by atoms with Gasteiger partial charge in [-0.05, 0) is 27.0 Å². The number of nitrogens with one attached hydrogen (secondary N) is 2. The molecule has 1 amide bonds. The van der Waals surface area contributed by atoms with Crippen LogP contribution in [0.1, 0.15) is 22.2 Å². The molecule has 0 saturated carbocycles. The maximum absolute atomic E-state index is 11.6. The van der Waals surface area contributed by atoms with Crippen LogP contribution in [-0.4, -0.2) is 32.1 Å². The number of likely N-dealkylation sites (N-methyl/N-ethyl adjacent to an activating group) is 1. The molecule has 94 valence electrons. The Balaban J connectivity index is 2.84. The van der Waals surface area contributed by atoms with Crippen LogP contribution >= 0.6 is 11.3 Å². The molecule has 0 atom stereocenters. The van der Waals surface area contributed by atoms with E-state index in [-0.39, 0.29) is 12.5 Å². The topological polar surface area (TPSA) is 67.4 Å². The van der Waals surface area contributed by atoms with Gasteiger partial charge in [-0.1, -0.05) is 0 Å². The van der Waals surface area contributed by atoms with E-state index in [4.69, 9.17) is 4.74 Å². The fourth-order valence-corrected chi connectivity index (χ4v) is 2.21. The van der Waals surface area contributed by atoms with Gasteiger partial charge in [-0.25, -0.2) is 4.79 Å². The number of carbonyl (C=O) groups excluding carboxylic acids is 2. The van der Waals surface area contributed by atoms with Crippen molar-refractivity contribution in [2.24, 2.45) is 0 Å². The normalized spacial score (nSPS) is 10.1. The second-order valence-corrected chi connectivity index (χ2v) is 4.66. The summed E-state index contributed by atoms with van der Waals surface area (Å²) >= 11 is 1.36. The molecule has 1 rings (SSSR count). The zero-order valence-electron chi connectivity index (χ0n) is 10.1. The predicted molar refractivity (Wildman–Crippen MR) is 67.6 cm³/mol. The molecule has 1 heterocycles. The van der Waals surface area contributed by atoms with E-state index in [0.29, 0.717) is 17.2 Å². The molecule has 5 nitrogen and oxygen atoms in total. The fraction of sp³-hybridized carbons (Fsp3) is 0.455. The molecule has 0 spiro atoms. The minimum Gasteiger partial charge on any atom is -0.462 e. The maximum Gasteiger partial charge on any atom is 0.341 e. The Morgan fingerprint density at radius 2 is 2.18 bits per heavy atom. The van der Waals surface area contributed by atoms with Crippen molar-refractivity contribution >= 4 is 28.2 Å². The summed E-state index contributed by atoms with van der Waals surface area (Å²) in [5, 5.41) is 5.98. The van der Waals surface area contributed by atoms with Gasteiger partial charge in [0.15, 0.2) is 0 Å². The minimum absolute atomic E-state index is 0.181.